The van der Waals surface area contributed by atoms with Crippen LogP contribution in [0.15, 0.2) is 24.3 Å². The highest BCUT2D eigenvalue weighted by Crippen LogP contribution is 2.21. The predicted molar refractivity (Wildman–Crippen MR) is 110 cm³/mol. The van der Waals surface area contributed by atoms with Crippen molar-refractivity contribution in [1.82, 2.24) is 4.90 Å². The van der Waals surface area contributed by atoms with Gasteiger partial charge in [-0.25, -0.2) is 0 Å². The zero-order valence-electron chi connectivity index (χ0n) is 17.4. The predicted octanol–water partition coefficient (Wildman–Crippen LogP) is 4.47. The highest BCUT2D eigenvalue weighted by Gasteiger charge is 2.32. The number of likely N-dealkylation sites (tertiary alicyclic amines) is 1. The number of hydrogen-bond acceptors (Lipinski definition) is 4. The van der Waals surface area contributed by atoms with E-state index in [0.29, 0.717) is 25.7 Å². The Morgan fingerprint density at radius 2 is 1.96 bits per heavy atom. The third kappa shape index (κ3) is 6.51. The molecule has 0 spiro atoms. The van der Waals surface area contributed by atoms with Gasteiger partial charge in [0.15, 0.2) is 0 Å². The maximum Gasteiger partial charge on any atom is 0.256 e. The van der Waals surface area contributed by atoms with E-state index in [1.807, 2.05) is 45.0 Å². The molecule has 0 bridgehead atoms. The van der Waals surface area contributed by atoms with Crippen LogP contribution >= 0.6 is 0 Å². The first kappa shape index (κ1) is 21.7. The summed E-state index contributed by atoms with van der Waals surface area (Å²) in [7, 11) is 0. The van der Waals surface area contributed by atoms with Gasteiger partial charge in [-0.05, 0) is 70.3 Å². The lowest BCUT2D eigenvalue weighted by Crippen LogP contribution is -2.42. The molecular formula is C22H36N2O3. The fourth-order valence-electron chi connectivity index (χ4n) is 3.32. The highest BCUT2D eigenvalue weighted by atomic mass is 16.5. The Morgan fingerprint density at radius 3 is 2.59 bits per heavy atom. The quantitative estimate of drug-likeness (QED) is 0.654. The number of anilines is 1. The molecule has 152 valence electrons. The van der Waals surface area contributed by atoms with Crippen LogP contribution in [0.4, 0.5) is 5.69 Å². The number of nitrogens with zero attached hydrogens (tertiary/aromatic N) is 1. The summed E-state index contributed by atoms with van der Waals surface area (Å²) < 4.78 is 11.6. The standard InChI is InChI=1S/C22H36N2O3/c1-5-16-27-22(4,6-2)21(25)23-19-10-12-20(13-11-19)26-17-15-24-14-8-7-9-18(24)3/h10-13,18H,5-9,14-17H2,1-4H3,(H,23,25)/t18-,22-/m1/s1. The van der Waals surface area contributed by atoms with Crippen molar-refractivity contribution < 1.29 is 14.3 Å². The Labute approximate surface area is 164 Å². The SMILES string of the molecule is CCCO[C@](C)(CC)C(=O)Nc1ccc(OCCN2CCCC[C@H]2C)cc1. The van der Waals surface area contributed by atoms with Gasteiger partial charge in [0.1, 0.15) is 18.0 Å². The summed E-state index contributed by atoms with van der Waals surface area (Å²) in [4.78, 5) is 15.1. The molecule has 2 rings (SSSR count). The zero-order valence-corrected chi connectivity index (χ0v) is 17.4. The lowest BCUT2D eigenvalue weighted by atomic mass is 10.0. The third-order valence-electron chi connectivity index (χ3n) is 5.48. The van der Waals surface area contributed by atoms with Crippen LogP contribution in [0.25, 0.3) is 0 Å². The number of benzene rings is 1. The van der Waals surface area contributed by atoms with E-state index in [-0.39, 0.29) is 5.91 Å². The van der Waals surface area contributed by atoms with Crippen LogP contribution < -0.4 is 10.1 Å². The molecule has 1 N–H and O–H groups in total. The van der Waals surface area contributed by atoms with Crippen molar-refractivity contribution in [2.75, 3.05) is 31.6 Å². The van der Waals surface area contributed by atoms with Crippen molar-refractivity contribution in [2.24, 2.45) is 0 Å². The molecule has 0 unspecified atom stereocenters. The smallest absolute Gasteiger partial charge is 0.256 e. The molecule has 1 aliphatic rings. The molecule has 1 aromatic carbocycles. The van der Waals surface area contributed by atoms with Gasteiger partial charge < -0.3 is 14.8 Å². The number of nitrogens with one attached hydrogen (secondary N) is 1. The average Bonchev–Trinajstić information content (AvgIpc) is 2.69. The van der Waals surface area contributed by atoms with E-state index in [4.69, 9.17) is 9.47 Å². The molecule has 0 radical (unpaired) electrons. The van der Waals surface area contributed by atoms with Gasteiger partial charge in [-0.3, -0.25) is 9.69 Å². The Bertz CT molecular complexity index is 575. The van der Waals surface area contributed by atoms with Crippen LogP contribution in [0.3, 0.4) is 0 Å². The molecule has 5 heteroatoms. The normalized spacial score (nSPS) is 20.1. The average molecular weight is 377 g/mol. The van der Waals surface area contributed by atoms with Gasteiger partial charge in [-0.2, -0.15) is 0 Å². The fraction of sp³-hybridized carbons (Fsp3) is 0.682. The molecule has 1 heterocycles. The molecule has 1 aliphatic heterocycles. The first-order valence-electron chi connectivity index (χ1n) is 10.4. The Kier molecular flexibility index (Phi) is 8.58. The molecule has 2 atom stereocenters. The number of piperidine rings is 1. The second-order valence-electron chi connectivity index (χ2n) is 7.64. The van der Waals surface area contributed by atoms with Crippen molar-refractivity contribution in [2.45, 2.75) is 71.4 Å². The molecule has 1 amide bonds. The van der Waals surface area contributed by atoms with Gasteiger partial charge >= 0.3 is 0 Å². The number of carbonyl (C=O) groups is 1. The van der Waals surface area contributed by atoms with E-state index in [1.165, 1.54) is 25.8 Å². The molecule has 0 aromatic heterocycles. The molecule has 5 nitrogen and oxygen atoms in total. The van der Waals surface area contributed by atoms with Gasteiger partial charge in [-0.1, -0.05) is 20.3 Å². The molecule has 1 saturated heterocycles. The second-order valence-corrected chi connectivity index (χ2v) is 7.64. The van der Waals surface area contributed by atoms with Crippen molar-refractivity contribution in [3.63, 3.8) is 0 Å². The van der Waals surface area contributed by atoms with Gasteiger partial charge in [0.2, 0.25) is 0 Å². The summed E-state index contributed by atoms with van der Waals surface area (Å²) >= 11 is 0. The topological polar surface area (TPSA) is 50.8 Å². The molecule has 1 aromatic rings. The van der Waals surface area contributed by atoms with E-state index in [0.717, 1.165) is 24.4 Å². The highest BCUT2D eigenvalue weighted by molar-refractivity contribution is 5.97. The van der Waals surface area contributed by atoms with Gasteiger partial charge in [0, 0.05) is 24.9 Å². The minimum absolute atomic E-state index is 0.105. The van der Waals surface area contributed by atoms with Gasteiger partial charge in [0.25, 0.3) is 5.91 Å². The second kappa shape index (κ2) is 10.7. The van der Waals surface area contributed by atoms with E-state index in [1.54, 1.807) is 0 Å². The summed E-state index contributed by atoms with van der Waals surface area (Å²) in [6.07, 6.45) is 5.44. The minimum atomic E-state index is -0.795. The maximum absolute atomic E-state index is 12.6. The summed E-state index contributed by atoms with van der Waals surface area (Å²) in [5.74, 6) is 0.726. The van der Waals surface area contributed by atoms with Crippen molar-refractivity contribution in [1.29, 1.82) is 0 Å². The first-order valence-corrected chi connectivity index (χ1v) is 10.4. The number of ether oxygens (including phenoxy) is 2. The van der Waals surface area contributed by atoms with E-state index >= 15 is 0 Å². The molecule has 0 aliphatic carbocycles. The largest absolute Gasteiger partial charge is 0.492 e. The van der Waals surface area contributed by atoms with Crippen LogP contribution in [-0.4, -0.2) is 48.8 Å². The van der Waals surface area contributed by atoms with Crippen LogP contribution in [0.5, 0.6) is 5.75 Å². The molecule has 1 fully saturated rings. The fourth-order valence-corrected chi connectivity index (χ4v) is 3.32. The maximum atomic E-state index is 12.6. The number of amides is 1. The zero-order chi connectivity index (χ0) is 19.7. The summed E-state index contributed by atoms with van der Waals surface area (Å²) in [6, 6.07) is 8.23. The van der Waals surface area contributed by atoms with E-state index < -0.39 is 5.60 Å². The summed E-state index contributed by atoms with van der Waals surface area (Å²) in [6.45, 7) is 11.6. The van der Waals surface area contributed by atoms with Gasteiger partial charge in [-0.15, -0.1) is 0 Å². The lowest BCUT2D eigenvalue weighted by molar-refractivity contribution is -0.139. The van der Waals surface area contributed by atoms with E-state index in [9.17, 15) is 4.79 Å². The third-order valence-corrected chi connectivity index (χ3v) is 5.48. The lowest BCUT2D eigenvalue weighted by Gasteiger charge is -2.33. The van der Waals surface area contributed by atoms with Crippen LogP contribution in [0.1, 0.15) is 59.8 Å². The summed E-state index contributed by atoms with van der Waals surface area (Å²) in [5.41, 5.74) is -0.0344. The Balaban J connectivity index is 1.81. The number of hydrogen-bond donors (Lipinski definition) is 1. The first-order chi connectivity index (χ1) is 13.0. The van der Waals surface area contributed by atoms with Crippen molar-refractivity contribution in [3.05, 3.63) is 24.3 Å². The van der Waals surface area contributed by atoms with Crippen molar-refractivity contribution in [3.8, 4) is 5.75 Å². The molecule has 0 saturated carbocycles. The minimum Gasteiger partial charge on any atom is -0.492 e. The van der Waals surface area contributed by atoms with E-state index in [2.05, 4.69) is 17.1 Å². The Morgan fingerprint density at radius 1 is 1.22 bits per heavy atom. The van der Waals surface area contributed by atoms with Crippen LogP contribution in [0.2, 0.25) is 0 Å². The van der Waals surface area contributed by atoms with Gasteiger partial charge in [0.05, 0.1) is 0 Å². The number of carbonyl (C=O) groups excluding carboxylic acids is 1. The van der Waals surface area contributed by atoms with Crippen LogP contribution in [0, 0.1) is 0 Å². The monoisotopic (exact) mass is 376 g/mol. The molecular weight excluding hydrogens is 340 g/mol. The number of rotatable bonds is 10. The summed E-state index contributed by atoms with van der Waals surface area (Å²) in [5, 5.41) is 2.96. The molecule has 27 heavy (non-hydrogen) atoms. The van der Waals surface area contributed by atoms with Crippen molar-refractivity contribution >= 4 is 11.6 Å². The Hall–Kier alpha value is -1.59. The van der Waals surface area contributed by atoms with Crippen LogP contribution in [-0.2, 0) is 9.53 Å².